The fourth-order valence-electron chi connectivity index (χ4n) is 4.39. The summed E-state index contributed by atoms with van der Waals surface area (Å²) in [6.07, 6.45) is 3.51. The van der Waals surface area contributed by atoms with Crippen LogP contribution in [0.4, 0.5) is 0 Å². The Morgan fingerprint density at radius 3 is 2.10 bits per heavy atom. The average molecular weight is 561 g/mol. The number of benzene rings is 3. The van der Waals surface area contributed by atoms with Crippen LogP contribution in [0.5, 0.6) is 0 Å². The summed E-state index contributed by atoms with van der Waals surface area (Å²) in [7, 11) is 0. The van der Waals surface area contributed by atoms with Gasteiger partial charge in [0.2, 0.25) is 11.8 Å². The van der Waals surface area contributed by atoms with Gasteiger partial charge in [-0.1, -0.05) is 117 Å². The number of halogens is 1. The second kappa shape index (κ2) is 13.9. The van der Waals surface area contributed by atoms with Crippen molar-refractivity contribution in [2.45, 2.75) is 52.6 Å². The minimum atomic E-state index is -1.08. The molecule has 0 bridgehead atoms. The molecule has 0 aliphatic carbocycles. The van der Waals surface area contributed by atoms with Crippen molar-refractivity contribution < 1.29 is 19.5 Å². The third-order valence-corrected chi connectivity index (χ3v) is 7.02. The number of rotatable bonds is 11. The lowest BCUT2D eigenvalue weighted by Gasteiger charge is -2.32. The van der Waals surface area contributed by atoms with E-state index in [1.165, 1.54) is 0 Å². The minimum absolute atomic E-state index is 0.212. The van der Waals surface area contributed by atoms with Crippen molar-refractivity contribution in [3.63, 3.8) is 0 Å². The van der Waals surface area contributed by atoms with E-state index >= 15 is 0 Å². The van der Waals surface area contributed by atoms with Crippen LogP contribution < -0.4 is 10.6 Å². The van der Waals surface area contributed by atoms with Crippen molar-refractivity contribution in [2.75, 3.05) is 0 Å². The van der Waals surface area contributed by atoms with E-state index < -0.39 is 29.3 Å². The zero-order valence-electron chi connectivity index (χ0n) is 23.4. The normalized spacial score (nSPS) is 13.8. The molecule has 6 nitrogen and oxygen atoms in total. The van der Waals surface area contributed by atoms with Gasteiger partial charge in [-0.15, -0.1) is 0 Å². The molecule has 2 amide bonds. The highest BCUT2D eigenvalue weighted by Gasteiger charge is 2.35. The first-order valence-corrected chi connectivity index (χ1v) is 13.7. The highest BCUT2D eigenvalue weighted by molar-refractivity contribution is 6.33. The third kappa shape index (κ3) is 8.82. The van der Waals surface area contributed by atoms with E-state index in [0.29, 0.717) is 5.02 Å². The average Bonchev–Trinajstić information content (AvgIpc) is 2.91. The second-order valence-corrected chi connectivity index (χ2v) is 11.4. The summed E-state index contributed by atoms with van der Waals surface area (Å²) in [6, 6.07) is 23.9. The molecule has 7 heteroatoms. The Morgan fingerprint density at radius 1 is 0.875 bits per heavy atom. The smallest absolute Gasteiger partial charge is 0.304 e. The molecule has 0 spiro atoms. The number of carboxylic acid groups (broad SMARTS) is 1. The van der Waals surface area contributed by atoms with E-state index in [1.54, 1.807) is 6.08 Å². The number of carboxylic acids is 1. The largest absolute Gasteiger partial charge is 0.481 e. The Balaban J connectivity index is 1.68. The third-order valence-electron chi connectivity index (χ3n) is 6.69. The molecule has 0 aliphatic rings. The SMILES string of the molecule is C[C@@H](NC(=O)[C@@H](NC(=O)[C@H](C/C=C/c1ccc(-c2ccccc2Cl)cc1)CC(=O)O)C(C)(C)C)c1ccccc1. The van der Waals surface area contributed by atoms with Crippen LogP contribution in [0.2, 0.25) is 5.02 Å². The highest BCUT2D eigenvalue weighted by atomic mass is 35.5. The first-order chi connectivity index (χ1) is 19.0. The van der Waals surface area contributed by atoms with Crippen LogP contribution in [0.3, 0.4) is 0 Å². The van der Waals surface area contributed by atoms with Crippen LogP contribution in [0, 0.1) is 11.3 Å². The summed E-state index contributed by atoms with van der Waals surface area (Å²) in [5.41, 5.74) is 3.19. The van der Waals surface area contributed by atoms with Gasteiger partial charge in [-0.2, -0.15) is 0 Å². The highest BCUT2D eigenvalue weighted by Crippen LogP contribution is 2.28. The van der Waals surface area contributed by atoms with Gasteiger partial charge in [0.05, 0.1) is 18.4 Å². The molecule has 0 aromatic heterocycles. The molecule has 210 valence electrons. The van der Waals surface area contributed by atoms with Crippen LogP contribution in [0.1, 0.15) is 57.7 Å². The predicted molar refractivity (Wildman–Crippen MR) is 161 cm³/mol. The van der Waals surface area contributed by atoms with Crippen molar-refractivity contribution in [3.8, 4) is 11.1 Å². The minimum Gasteiger partial charge on any atom is -0.481 e. The van der Waals surface area contributed by atoms with Crippen molar-refractivity contribution in [1.29, 1.82) is 0 Å². The molecular formula is C33H37ClN2O4. The summed E-state index contributed by atoms with van der Waals surface area (Å²) < 4.78 is 0. The first-order valence-electron chi connectivity index (χ1n) is 13.3. The standard InChI is InChI=1S/C33H37ClN2O4/c1-22(24-12-6-5-7-13-24)35-32(40)30(33(2,3)4)36-31(39)26(21-29(37)38)14-10-11-23-17-19-25(20-18-23)27-15-8-9-16-28(27)34/h5-13,15-20,22,26,30H,14,21H2,1-4H3,(H,35,40)(H,36,39)(H,37,38)/b11-10+/t22-,26-,30-/m1/s1. The van der Waals surface area contributed by atoms with Gasteiger partial charge in [0, 0.05) is 10.6 Å². The number of nitrogens with one attached hydrogen (secondary N) is 2. The molecular weight excluding hydrogens is 524 g/mol. The zero-order valence-corrected chi connectivity index (χ0v) is 24.1. The second-order valence-electron chi connectivity index (χ2n) is 11.0. The van der Waals surface area contributed by atoms with E-state index in [9.17, 15) is 19.5 Å². The van der Waals surface area contributed by atoms with Crippen LogP contribution in [-0.2, 0) is 14.4 Å². The number of amides is 2. The molecule has 0 saturated carbocycles. The fraction of sp³-hybridized carbons (Fsp3) is 0.303. The van der Waals surface area contributed by atoms with Gasteiger partial charge in [0.1, 0.15) is 6.04 Å². The van der Waals surface area contributed by atoms with Gasteiger partial charge in [-0.25, -0.2) is 0 Å². The van der Waals surface area contributed by atoms with Crippen LogP contribution in [0.15, 0.2) is 84.9 Å². The van der Waals surface area contributed by atoms with Gasteiger partial charge >= 0.3 is 5.97 Å². The maximum Gasteiger partial charge on any atom is 0.304 e. The Hall–Kier alpha value is -3.90. The van der Waals surface area contributed by atoms with Crippen molar-refractivity contribution in [2.24, 2.45) is 11.3 Å². The molecule has 3 atom stereocenters. The summed E-state index contributed by atoms with van der Waals surface area (Å²) in [6.45, 7) is 7.48. The van der Waals surface area contributed by atoms with E-state index in [1.807, 2.05) is 113 Å². The van der Waals surface area contributed by atoms with Crippen LogP contribution >= 0.6 is 11.6 Å². The molecule has 0 fully saturated rings. The lowest BCUT2D eigenvalue weighted by molar-refractivity contribution is -0.141. The lowest BCUT2D eigenvalue weighted by Crippen LogP contribution is -2.55. The monoisotopic (exact) mass is 560 g/mol. The number of hydrogen-bond donors (Lipinski definition) is 3. The Morgan fingerprint density at radius 2 is 1.50 bits per heavy atom. The number of aliphatic carboxylic acids is 1. The van der Waals surface area contributed by atoms with Crippen molar-refractivity contribution in [1.82, 2.24) is 10.6 Å². The first kappa shape index (κ1) is 30.6. The van der Waals surface area contributed by atoms with E-state index in [4.69, 9.17) is 11.6 Å². The summed E-state index contributed by atoms with van der Waals surface area (Å²) in [5.74, 6) is -2.70. The Labute approximate surface area is 241 Å². The lowest BCUT2D eigenvalue weighted by atomic mass is 9.85. The molecule has 3 aromatic rings. The molecule has 40 heavy (non-hydrogen) atoms. The zero-order chi connectivity index (χ0) is 29.3. The van der Waals surface area contributed by atoms with Gasteiger partial charge in [0.25, 0.3) is 0 Å². The van der Waals surface area contributed by atoms with E-state index in [0.717, 1.165) is 22.3 Å². The number of allylic oxidation sites excluding steroid dienone is 1. The molecule has 0 radical (unpaired) electrons. The predicted octanol–water partition coefficient (Wildman–Crippen LogP) is 6.91. The Kier molecular flexibility index (Phi) is 10.7. The van der Waals surface area contributed by atoms with Crippen molar-refractivity contribution in [3.05, 3.63) is 101 Å². The van der Waals surface area contributed by atoms with E-state index in [2.05, 4.69) is 10.6 Å². The summed E-state index contributed by atoms with van der Waals surface area (Å²) in [4.78, 5) is 38.1. The van der Waals surface area contributed by atoms with Crippen molar-refractivity contribution >= 4 is 35.5 Å². The van der Waals surface area contributed by atoms with Gasteiger partial charge in [-0.05, 0) is 41.5 Å². The Bertz CT molecular complexity index is 1330. The number of carbonyl (C=O) groups is 3. The molecule has 0 aliphatic heterocycles. The maximum atomic E-state index is 13.3. The summed E-state index contributed by atoms with van der Waals surface area (Å²) >= 11 is 6.30. The molecule has 0 heterocycles. The van der Waals surface area contributed by atoms with Gasteiger partial charge in [-0.3, -0.25) is 14.4 Å². The quantitative estimate of drug-likeness (QED) is 0.237. The number of carbonyl (C=O) groups excluding carboxylic acids is 2. The van der Waals surface area contributed by atoms with Crippen LogP contribution in [0.25, 0.3) is 17.2 Å². The molecule has 3 N–H and O–H groups in total. The number of hydrogen-bond acceptors (Lipinski definition) is 3. The van der Waals surface area contributed by atoms with Gasteiger partial charge in [0.15, 0.2) is 0 Å². The molecule has 0 unspecified atom stereocenters. The molecule has 3 rings (SSSR count). The fourth-order valence-corrected chi connectivity index (χ4v) is 4.63. The van der Waals surface area contributed by atoms with Crippen LogP contribution in [-0.4, -0.2) is 28.9 Å². The summed E-state index contributed by atoms with van der Waals surface area (Å²) in [5, 5.41) is 16.0. The maximum absolute atomic E-state index is 13.3. The topological polar surface area (TPSA) is 95.5 Å². The van der Waals surface area contributed by atoms with E-state index in [-0.39, 0.29) is 24.8 Å². The van der Waals surface area contributed by atoms with Gasteiger partial charge < -0.3 is 15.7 Å². The molecule has 3 aromatic carbocycles. The molecule has 0 saturated heterocycles.